The Morgan fingerprint density at radius 1 is 1.41 bits per heavy atom. The minimum atomic E-state index is 0.152. The predicted octanol–water partition coefficient (Wildman–Crippen LogP) is 3.71. The molecule has 1 aliphatic carbocycles. The van der Waals surface area contributed by atoms with Crippen LogP contribution >= 0.6 is 11.6 Å². The largest absolute Gasteiger partial charge is 0.506 e. The molecule has 0 radical (unpaired) electrons. The second-order valence-corrected chi connectivity index (χ2v) is 5.41. The van der Waals surface area contributed by atoms with Crippen LogP contribution in [0.2, 0.25) is 5.02 Å². The highest BCUT2D eigenvalue weighted by atomic mass is 35.5. The third-order valence-corrected chi connectivity index (χ3v) is 4.05. The molecular formula is C14H20ClNO. The Kier molecular flexibility index (Phi) is 4.30. The average molecular weight is 254 g/mol. The van der Waals surface area contributed by atoms with E-state index in [9.17, 15) is 5.11 Å². The van der Waals surface area contributed by atoms with Crippen molar-refractivity contribution in [1.29, 1.82) is 0 Å². The molecule has 2 N–H and O–H groups in total. The fraction of sp³-hybridized carbons (Fsp3) is 0.571. The van der Waals surface area contributed by atoms with Crippen LogP contribution in [0.1, 0.15) is 38.2 Å². The van der Waals surface area contributed by atoms with E-state index in [4.69, 9.17) is 11.6 Å². The summed E-state index contributed by atoms with van der Waals surface area (Å²) in [6, 6.07) is 5.95. The molecular weight excluding hydrogens is 234 g/mol. The molecule has 0 spiro atoms. The molecule has 0 unspecified atom stereocenters. The third kappa shape index (κ3) is 3.36. The number of hydrogen-bond acceptors (Lipinski definition) is 2. The van der Waals surface area contributed by atoms with Crippen LogP contribution in [0.15, 0.2) is 18.2 Å². The molecule has 1 aromatic carbocycles. The number of rotatable bonds is 4. The van der Waals surface area contributed by atoms with Crippen molar-refractivity contribution in [3.63, 3.8) is 0 Å². The fourth-order valence-electron chi connectivity index (χ4n) is 2.56. The summed E-state index contributed by atoms with van der Waals surface area (Å²) in [4.78, 5) is 0. The second kappa shape index (κ2) is 5.74. The summed E-state index contributed by atoms with van der Waals surface area (Å²) < 4.78 is 0. The second-order valence-electron chi connectivity index (χ2n) is 5.00. The minimum absolute atomic E-state index is 0.152. The lowest BCUT2D eigenvalue weighted by Crippen LogP contribution is -2.31. The molecule has 2 rings (SSSR count). The highest BCUT2D eigenvalue weighted by molar-refractivity contribution is 6.32. The Hall–Kier alpha value is -0.730. The zero-order valence-electron chi connectivity index (χ0n) is 10.2. The molecule has 3 heteroatoms. The molecule has 0 heterocycles. The van der Waals surface area contributed by atoms with Gasteiger partial charge in [-0.2, -0.15) is 0 Å². The van der Waals surface area contributed by atoms with Crippen LogP contribution in [0.4, 0.5) is 0 Å². The number of phenols is 1. The maximum absolute atomic E-state index is 9.34. The molecule has 1 aliphatic rings. The van der Waals surface area contributed by atoms with Crippen molar-refractivity contribution in [1.82, 2.24) is 5.32 Å². The molecule has 1 atom stereocenters. The molecule has 0 aromatic heterocycles. The molecule has 1 saturated carbocycles. The van der Waals surface area contributed by atoms with E-state index in [-0.39, 0.29) is 5.75 Å². The number of aromatic hydroxyl groups is 1. The molecule has 1 fully saturated rings. The number of benzene rings is 1. The van der Waals surface area contributed by atoms with Gasteiger partial charge in [0.1, 0.15) is 5.75 Å². The van der Waals surface area contributed by atoms with Crippen LogP contribution in [-0.4, -0.2) is 11.1 Å². The van der Waals surface area contributed by atoms with Crippen molar-refractivity contribution in [2.75, 3.05) is 0 Å². The Morgan fingerprint density at radius 3 is 2.76 bits per heavy atom. The van der Waals surface area contributed by atoms with Crippen LogP contribution in [0.25, 0.3) is 0 Å². The molecule has 2 nitrogen and oxygen atoms in total. The molecule has 1 aromatic rings. The van der Waals surface area contributed by atoms with Crippen LogP contribution in [0.5, 0.6) is 5.75 Å². The standard InChI is InChI=1S/C14H20ClNO/c1-10(12-4-2-3-5-12)16-9-11-6-7-14(17)13(15)8-11/h6-8,10,12,16-17H,2-5,9H2,1H3/t10-/m0/s1. The normalized spacial score (nSPS) is 18.5. The number of halogens is 1. The summed E-state index contributed by atoms with van der Waals surface area (Å²) in [5, 5.41) is 13.3. The Balaban J connectivity index is 1.86. The SMILES string of the molecule is C[C@H](NCc1ccc(O)c(Cl)c1)C1CCCC1. The van der Waals surface area contributed by atoms with Crippen LogP contribution in [0.3, 0.4) is 0 Å². The predicted molar refractivity (Wildman–Crippen MR) is 71.4 cm³/mol. The first-order valence-corrected chi connectivity index (χ1v) is 6.75. The van der Waals surface area contributed by atoms with Crippen LogP contribution in [0, 0.1) is 5.92 Å². The van der Waals surface area contributed by atoms with E-state index < -0.39 is 0 Å². The summed E-state index contributed by atoms with van der Waals surface area (Å²) in [7, 11) is 0. The highest BCUT2D eigenvalue weighted by Gasteiger charge is 2.20. The van der Waals surface area contributed by atoms with Crippen molar-refractivity contribution in [2.24, 2.45) is 5.92 Å². The summed E-state index contributed by atoms with van der Waals surface area (Å²) >= 11 is 5.88. The van der Waals surface area contributed by atoms with Crippen LogP contribution < -0.4 is 5.32 Å². The molecule has 0 saturated heterocycles. The van der Waals surface area contributed by atoms with E-state index >= 15 is 0 Å². The lowest BCUT2D eigenvalue weighted by Gasteiger charge is -2.20. The van der Waals surface area contributed by atoms with Crippen molar-refractivity contribution in [2.45, 2.75) is 45.2 Å². The topological polar surface area (TPSA) is 32.3 Å². The van der Waals surface area contributed by atoms with E-state index in [0.29, 0.717) is 11.1 Å². The third-order valence-electron chi connectivity index (χ3n) is 3.75. The number of hydrogen-bond donors (Lipinski definition) is 2. The van der Waals surface area contributed by atoms with Crippen LogP contribution in [-0.2, 0) is 6.54 Å². The van der Waals surface area contributed by atoms with Crippen molar-refractivity contribution < 1.29 is 5.11 Å². The van der Waals surface area contributed by atoms with Gasteiger partial charge in [0.15, 0.2) is 0 Å². The smallest absolute Gasteiger partial charge is 0.134 e. The van der Waals surface area contributed by atoms with Gasteiger partial charge in [-0.1, -0.05) is 30.5 Å². The van der Waals surface area contributed by atoms with E-state index in [2.05, 4.69) is 12.2 Å². The molecule has 94 valence electrons. The van der Waals surface area contributed by atoms with E-state index in [1.807, 2.05) is 12.1 Å². The van der Waals surface area contributed by atoms with Gasteiger partial charge in [0.2, 0.25) is 0 Å². The number of nitrogens with one attached hydrogen (secondary N) is 1. The molecule has 0 aliphatic heterocycles. The maximum Gasteiger partial charge on any atom is 0.134 e. The van der Waals surface area contributed by atoms with Gasteiger partial charge in [-0.05, 0) is 43.4 Å². The van der Waals surface area contributed by atoms with Gasteiger partial charge in [-0.3, -0.25) is 0 Å². The first-order chi connectivity index (χ1) is 8.16. The summed E-state index contributed by atoms with van der Waals surface area (Å²) in [5.41, 5.74) is 1.12. The van der Waals surface area contributed by atoms with Gasteiger partial charge in [0.25, 0.3) is 0 Å². The van der Waals surface area contributed by atoms with E-state index in [0.717, 1.165) is 18.0 Å². The minimum Gasteiger partial charge on any atom is -0.506 e. The maximum atomic E-state index is 9.34. The van der Waals surface area contributed by atoms with Gasteiger partial charge < -0.3 is 10.4 Å². The summed E-state index contributed by atoms with van der Waals surface area (Å²) in [6.07, 6.45) is 5.46. The van der Waals surface area contributed by atoms with Gasteiger partial charge in [0.05, 0.1) is 5.02 Å². The summed E-state index contributed by atoms with van der Waals surface area (Å²) in [5.74, 6) is 0.974. The zero-order chi connectivity index (χ0) is 12.3. The lowest BCUT2D eigenvalue weighted by atomic mass is 9.99. The summed E-state index contributed by atoms with van der Waals surface area (Å²) in [6.45, 7) is 3.08. The van der Waals surface area contributed by atoms with Gasteiger partial charge in [-0.15, -0.1) is 0 Å². The zero-order valence-corrected chi connectivity index (χ0v) is 11.0. The van der Waals surface area contributed by atoms with E-state index in [1.54, 1.807) is 6.07 Å². The lowest BCUT2D eigenvalue weighted by molar-refractivity contribution is 0.380. The van der Waals surface area contributed by atoms with Crippen molar-refractivity contribution in [3.8, 4) is 5.75 Å². The van der Waals surface area contributed by atoms with Crippen molar-refractivity contribution in [3.05, 3.63) is 28.8 Å². The van der Waals surface area contributed by atoms with Gasteiger partial charge in [-0.25, -0.2) is 0 Å². The first-order valence-electron chi connectivity index (χ1n) is 6.37. The van der Waals surface area contributed by atoms with Gasteiger partial charge in [0, 0.05) is 12.6 Å². The average Bonchev–Trinajstić information content (AvgIpc) is 2.84. The fourth-order valence-corrected chi connectivity index (χ4v) is 2.77. The number of phenolic OH excluding ortho intramolecular Hbond substituents is 1. The Labute approximate surface area is 108 Å². The first kappa shape index (κ1) is 12.7. The monoisotopic (exact) mass is 253 g/mol. The van der Waals surface area contributed by atoms with Gasteiger partial charge >= 0.3 is 0 Å². The Bertz CT molecular complexity index is 374. The molecule has 0 bridgehead atoms. The Morgan fingerprint density at radius 2 is 2.12 bits per heavy atom. The quantitative estimate of drug-likeness (QED) is 0.857. The molecule has 17 heavy (non-hydrogen) atoms. The highest BCUT2D eigenvalue weighted by Crippen LogP contribution is 2.28. The molecule has 0 amide bonds. The van der Waals surface area contributed by atoms with Crippen molar-refractivity contribution >= 4 is 11.6 Å². The van der Waals surface area contributed by atoms with E-state index in [1.165, 1.54) is 25.7 Å².